The molecule has 1 saturated heterocycles. The lowest BCUT2D eigenvalue weighted by Gasteiger charge is -2.38. The number of carboxylic acids is 1. The number of carbonyl (C=O) groups is 1. The van der Waals surface area contributed by atoms with Crippen molar-refractivity contribution in [2.24, 2.45) is 11.8 Å². The first-order valence-electron chi connectivity index (χ1n) is 13.6. The van der Waals surface area contributed by atoms with Crippen molar-refractivity contribution in [3.63, 3.8) is 0 Å². The number of nitrogens with zero attached hydrogens (tertiary/aromatic N) is 2. The highest BCUT2D eigenvalue weighted by Crippen LogP contribution is 2.36. The van der Waals surface area contributed by atoms with Gasteiger partial charge in [-0.2, -0.15) is 0 Å². The summed E-state index contributed by atoms with van der Waals surface area (Å²) in [6, 6.07) is 15.4. The third-order valence-electron chi connectivity index (χ3n) is 7.89. The molecule has 3 atom stereocenters. The molecule has 0 amide bonds. The van der Waals surface area contributed by atoms with Gasteiger partial charge in [-0.05, 0) is 105 Å². The lowest BCUT2D eigenvalue weighted by molar-refractivity contribution is -0.139. The Kier molecular flexibility index (Phi) is 9.93. The summed E-state index contributed by atoms with van der Waals surface area (Å²) in [7, 11) is 3.30. The number of alkyl halides is 1. The molecule has 0 radical (unpaired) electrons. The largest absolute Gasteiger partial charge is 0.497 e. The number of aromatic nitrogens is 1. The predicted octanol–water partition coefficient (Wildman–Crippen LogP) is 6.48. The van der Waals surface area contributed by atoms with Crippen LogP contribution < -0.4 is 9.47 Å². The first kappa shape index (κ1) is 27.8. The van der Waals surface area contributed by atoms with E-state index in [9.17, 15) is 9.90 Å². The number of hydrogen-bond acceptors (Lipinski definition) is 5. The van der Waals surface area contributed by atoms with E-state index < -0.39 is 12.1 Å². The summed E-state index contributed by atoms with van der Waals surface area (Å²) in [5.74, 6) is 1.08. The number of unbranched alkanes of at least 4 members (excludes halogenated alkanes) is 1. The summed E-state index contributed by atoms with van der Waals surface area (Å²) < 4.78 is 26.3. The maximum atomic E-state index is 15.5. The quantitative estimate of drug-likeness (QED) is 0.259. The summed E-state index contributed by atoms with van der Waals surface area (Å²) in [6.07, 6.45) is 5.67. The molecule has 1 aliphatic heterocycles. The van der Waals surface area contributed by atoms with Crippen molar-refractivity contribution in [1.29, 1.82) is 0 Å². The molecule has 2 aromatic carbocycles. The molecule has 4 rings (SSSR count). The molecule has 1 fully saturated rings. The number of fused-ring (bicyclic) bond motifs is 1. The minimum atomic E-state index is -1.13. The number of para-hydroxylation sites is 1. The first-order chi connectivity index (χ1) is 18.5. The second kappa shape index (κ2) is 13.6. The van der Waals surface area contributed by atoms with Crippen molar-refractivity contribution >= 4 is 16.9 Å². The third kappa shape index (κ3) is 7.22. The predicted molar refractivity (Wildman–Crippen MR) is 148 cm³/mol. The van der Waals surface area contributed by atoms with Gasteiger partial charge in [-0.1, -0.05) is 18.2 Å². The second-order valence-corrected chi connectivity index (χ2v) is 10.3. The van der Waals surface area contributed by atoms with Crippen molar-refractivity contribution in [3.8, 4) is 11.5 Å². The van der Waals surface area contributed by atoms with E-state index in [1.165, 1.54) is 5.56 Å². The molecule has 6 nitrogen and oxygen atoms in total. The lowest BCUT2D eigenvalue weighted by atomic mass is 9.79. The first-order valence-corrected chi connectivity index (χ1v) is 13.6. The van der Waals surface area contributed by atoms with Crippen molar-refractivity contribution in [2.75, 3.05) is 33.9 Å². The van der Waals surface area contributed by atoms with E-state index in [1.807, 2.05) is 36.4 Å². The van der Waals surface area contributed by atoms with Gasteiger partial charge in [0.05, 0.1) is 19.7 Å². The normalized spacial score (nSPS) is 18.8. The third-order valence-corrected chi connectivity index (χ3v) is 7.89. The van der Waals surface area contributed by atoms with E-state index >= 15 is 4.39 Å². The molecule has 1 aliphatic rings. The number of hydrogen-bond donors (Lipinski definition) is 1. The topological polar surface area (TPSA) is 71.9 Å². The summed E-state index contributed by atoms with van der Waals surface area (Å²) in [5, 5.41) is 10.3. The van der Waals surface area contributed by atoms with Crippen LogP contribution in [0.1, 0.15) is 55.8 Å². The van der Waals surface area contributed by atoms with Crippen molar-refractivity contribution < 1.29 is 23.8 Å². The van der Waals surface area contributed by atoms with E-state index in [0.29, 0.717) is 24.2 Å². The van der Waals surface area contributed by atoms with Crippen molar-refractivity contribution in [1.82, 2.24) is 9.88 Å². The molecule has 1 unspecified atom stereocenters. The fourth-order valence-electron chi connectivity index (χ4n) is 5.82. The average molecular weight is 523 g/mol. The number of halogens is 1. The number of aliphatic carboxylic acids is 1. The standard InChI is InChI=1S/C31H39FN2O4/c1-37-25-11-13-29-27(20-25)26(14-16-33-29)28(32)12-10-22-15-18-34(21-24(22)19-31(35)36)17-6-5-8-23-7-3-4-9-30(23)38-2/h3-4,7,9,11,13-14,16,20,22,24,28H,5-6,8,10,12,15,17-19,21H2,1-2H3,(H,35,36)/t22-,24+,28?/m1/s1. The molecule has 0 bridgehead atoms. The minimum Gasteiger partial charge on any atom is -0.497 e. The van der Waals surface area contributed by atoms with Crippen LogP contribution in [0.3, 0.4) is 0 Å². The maximum Gasteiger partial charge on any atom is 0.303 e. The van der Waals surface area contributed by atoms with Gasteiger partial charge in [0.1, 0.15) is 17.7 Å². The minimum absolute atomic E-state index is 0.0388. The molecule has 38 heavy (non-hydrogen) atoms. The highest BCUT2D eigenvalue weighted by molar-refractivity contribution is 5.83. The second-order valence-electron chi connectivity index (χ2n) is 10.3. The van der Waals surface area contributed by atoms with E-state index in [1.54, 1.807) is 26.5 Å². The molecular formula is C31H39FN2O4. The van der Waals surface area contributed by atoms with E-state index in [4.69, 9.17) is 9.47 Å². The van der Waals surface area contributed by atoms with Crippen LogP contribution in [-0.4, -0.2) is 54.8 Å². The molecule has 1 aromatic heterocycles. The number of piperidine rings is 1. The van der Waals surface area contributed by atoms with Gasteiger partial charge in [0.2, 0.25) is 0 Å². The van der Waals surface area contributed by atoms with Crippen LogP contribution in [0.25, 0.3) is 10.9 Å². The Morgan fingerprint density at radius 1 is 1.13 bits per heavy atom. The highest BCUT2D eigenvalue weighted by atomic mass is 19.1. The van der Waals surface area contributed by atoms with Crippen LogP contribution in [0.2, 0.25) is 0 Å². The number of likely N-dealkylation sites (tertiary alicyclic amines) is 1. The zero-order valence-corrected chi connectivity index (χ0v) is 22.4. The van der Waals surface area contributed by atoms with Gasteiger partial charge in [-0.15, -0.1) is 0 Å². The Morgan fingerprint density at radius 3 is 2.76 bits per heavy atom. The van der Waals surface area contributed by atoms with E-state index in [0.717, 1.165) is 62.0 Å². The van der Waals surface area contributed by atoms with Gasteiger partial charge >= 0.3 is 5.97 Å². The number of aryl methyl sites for hydroxylation is 1. The van der Waals surface area contributed by atoms with E-state index in [2.05, 4.69) is 16.0 Å². The molecule has 1 N–H and O–H groups in total. The number of ether oxygens (including phenoxy) is 2. The monoisotopic (exact) mass is 522 g/mol. The smallest absolute Gasteiger partial charge is 0.303 e. The van der Waals surface area contributed by atoms with Gasteiger partial charge in [0.25, 0.3) is 0 Å². The van der Waals surface area contributed by atoms with Crippen LogP contribution >= 0.6 is 0 Å². The molecule has 0 aliphatic carbocycles. The maximum absolute atomic E-state index is 15.5. The molecule has 0 spiro atoms. The molecule has 204 valence electrons. The van der Waals surface area contributed by atoms with E-state index in [-0.39, 0.29) is 18.3 Å². The lowest BCUT2D eigenvalue weighted by Crippen LogP contribution is -2.41. The Hall–Kier alpha value is -3.19. The van der Waals surface area contributed by atoms with Crippen molar-refractivity contribution in [3.05, 3.63) is 65.9 Å². The van der Waals surface area contributed by atoms with Crippen LogP contribution in [0, 0.1) is 11.8 Å². The number of rotatable bonds is 13. The Bertz CT molecular complexity index is 1200. The number of pyridine rings is 1. The Labute approximate surface area is 224 Å². The van der Waals surface area contributed by atoms with Gasteiger partial charge in [-0.25, -0.2) is 4.39 Å². The molecular weight excluding hydrogens is 483 g/mol. The number of carboxylic acid groups (broad SMARTS) is 1. The highest BCUT2D eigenvalue weighted by Gasteiger charge is 2.31. The van der Waals surface area contributed by atoms with Crippen LogP contribution in [0.4, 0.5) is 4.39 Å². The fraction of sp³-hybridized carbons (Fsp3) is 0.484. The zero-order chi connectivity index (χ0) is 26.9. The summed E-state index contributed by atoms with van der Waals surface area (Å²) in [5.41, 5.74) is 2.59. The van der Waals surface area contributed by atoms with Gasteiger partial charge in [-0.3, -0.25) is 9.78 Å². The van der Waals surface area contributed by atoms with Gasteiger partial charge in [0, 0.05) is 24.5 Å². The molecule has 3 aromatic rings. The summed E-state index contributed by atoms with van der Waals surface area (Å²) >= 11 is 0. The van der Waals surface area contributed by atoms with Gasteiger partial charge in [0.15, 0.2) is 0 Å². The Morgan fingerprint density at radius 2 is 1.97 bits per heavy atom. The average Bonchev–Trinajstić information content (AvgIpc) is 2.94. The fourth-order valence-corrected chi connectivity index (χ4v) is 5.82. The SMILES string of the molecule is COc1ccc2nccc(C(F)CC[C@@H]3CCN(CCCCc4ccccc4OC)C[C@@H]3CC(=O)O)c2c1. The summed E-state index contributed by atoms with van der Waals surface area (Å²) in [6.45, 7) is 2.65. The van der Waals surface area contributed by atoms with Crippen molar-refractivity contribution in [2.45, 2.75) is 51.1 Å². The number of benzene rings is 2. The molecule has 7 heteroatoms. The number of methoxy groups -OCH3 is 2. The zero-order valence-electron chi connectivity index (χ0n) is 22.4. The Balaban J connectivity index is 1.31. The van der Waals surface area contributed by atoms with Gasteiger partial charge < -0.3 is 19.5 Å². The van der Waals surface area contributed by atoms with Crippen LogP contribution in [0.5, 0.6) is 11.5 Å². The molecule has 2 heterocycles. The molecule has 0 saturated carbocycles. The van der Waals surface area contributed by atoms with Crippen LogP contribution in [0.15, 0.2) is 54.7 Å². The van der Waals surface area contributed by atoms with Crippen LogP contribution in [-0.2, 0) is 11.2 Å². The summed E-state index contributed by atoms with van der Waals surface area (Å²) in [4.78, 5) is 18.4.